The predicted octanol–water partition coefficient (Wildman–Crippen LogP) is 0.131. The smallest absolute Gasteiger partial charge is 0.220 e. The molecule has 0 spiro atoms. The largest absolute Gasteiger partial charge is 0.375 e. The average Bonchev–Trinajstić information content (AvgIpc) is 2.04. The SMILES string of the molecule is Nc1ncc2c(n1)COCC2. The van der Waals surface area contributed by atoms with Gasteiger partial charge in [0.15, 0.2) is 0 Å². The van der Waals surface area contributed by atoms with Crippen LogP contribution >= 0.6 is 0 Å². The highest BCUT2D eigenvalue weighted by Gasteiger charge is 2.10. The predicted molar refractivity (Wildman–Crippen MR) is 39.8 cm³/mol. The van der Waals surface area contributed by atoms with Gasteiger partial charge in [0.25, 0.3) is 0 Å². The van der Waals surface area contributed by atoms with E-state index in [2.05, 4.69) is 9.97 Å². The van der Waals surface area contributed by atoms with Crippen molar-refractivity contribution in [3.63, 3.8) is 0 Å². The molecule has 0 radical (unpaired) electrons. The first-order chi connectivity index (χ1) is 5.36. The lowest BCUT2D eigenvalue weighted by Gasteiger charge is -2.14. The van der Waals surface area contributed by atoms with Crippen molar-refractivity contribution in [3.05, 3.63) is 17.5 Å². The lowest BCUT2D eigenvalue weighted by atomic mass is 10.1. The van der Waals surface area contributed by atoms with Crippen molar-refractivity contribution in [1.82, 2.24) is 9.97 Å². The molecule has 2 heterocycles. The molecule has 0 saturated carbocycles. The molecule has 4 heteroatoms. The van der Waals surface area contributed by atoms with E-state index in [1.165, 1.54) is 0 Å². The van der Waals surface area contributed by atoms with Gasteiger partial charge < -0.3 is 10.5 Å². The Morgan fingerprint density at radius 2 is 2.45 bits per heavy atom. The van der Waals surface area contributed by atoms with E-state index in [4.69, 9.17) is 10.5 Å². The van der Waals surface area contributed by atoms with Crippen LogP contribution in [0.15, 0.2) is 6.20 Å². The van der Waals surface area contributed by atoms with Gasteiger partial charge in [0, 0.05) is 6.20 Å². The number of rotatable bonds is 0. The summed E-state index contributed by atoms with van der Waals surface area (Å²) < 4.78 is 5.21. The van der Waals surface area contributed by atoms with Gasteiger partial charge in [-0.1, -0.05) is 0 Å². The Kier molecular flexibility index (Phi) is 1.47. The first-order valence-corrected chi connectivity index (χ1v) is 3.54. The lowest BCUT2D eigenvalue weighted by Crippen LogP contribution is -2.13. The van der Waals surface area contributed by atoms with E-state index in [1.54, 1.807) is 6.20 Å². The summed E-state index contributed by atoms with van der Waals surface area (Å²) >= 11 is 0. The van der Waals surface area contributed by atoms with Crippen molar-refractivity contribution in [2.75, 3.05) is 12.3 Å². The Balaban J connectivity index is 2.43. The molecule has 11 heavy (non-hydrogen) atoms. The van der Waals surface area contributed by atoms with E-state index in [1.807, 2.05) is 0 Å². The number of aromatic nitrogens is 2. The van der Waals surface area contributed by atoms with Gasteiger partial charge >= 0.3 is 0 Å². The van der Waals surface area contributed by atoms with Crippen molar-refractivity contribution in [2.24, 2.45) is 0 Å². The van der Waals surface area contributed by atoms with Crippen LogP contribution in [-0.4, -0.2) is 16.6 Å². The summed E-state index contributed by atoms with van der Waals surface area (Å²) in [6, 6.07) is 0. The fraction of sp³-hybridized carbons (Fsp3) is 0.429. The third kappa shape index (κ3) is 1.17. The van der Waals surface area contributed by atoms with Crippen molar-refractivity contribution in [3.8, 4) is 0 Å². The van der Waals surface area contributed by atoms with Crippen LogP contribution in [0.1, 0.15) is 11.3 Å². The second-order valence-corrected chi connectivity index (χ2v) is 2.50. The van der Waals surface area contributed by atoms with E-state index >= 15 is 0 Å². The molecule has 0 saturated heterocycles. The quantitative estimate of drug-likeness (QED) is 0.572. The molecule has 0 atom stereocenters. The van der Waals surface area contributed by atoms with Gasteiger partial charge in [0.2, 0.25) is 5.95 Å². The highest BCUT2D eigenvalue weighted by atomic mass is 16.5. The molecule has 2 rings (SSSR count). The minimum absolute atomic E-state index is 0.328. The van der Waals surface area contributed by atoms with Crippen LogP contribution < -0.4 is 5.73 Å². The topological polar surface area (TPSA) is 61.0 Å². The minimum Gasteiger partial charge on any atom is -0.375 e. The zero-order valence-electron chi connectivity index (χ0n) is 6.08. The third-order valence-electron chi connectivity index (χ3n) is 1.73. The first-order valence-electron chi connectivity index (χ1n) is 3.54. The summed E-state index contributed by atoms with van der Waals surface area (Å²) in [5.74, 6) is 0.328. The Morgan fingerprint density at radius 3 is 3.36 bits per heavy atom. The fourth-order valence-electron chi connectivity index (χ4n) is 1.14. The summed E-state index contributed by atoms with van der Waals surface area (Å²) in [7, 11) is 0. The Morgan fingerprint density at radius 1 is 1.55 bits per heavy atom. The van der Waals surface area contributed by atoms with Crippen LogP contribution in [-0.2, 0) is 17.8 Å². The number of nitrogens with two attached hydrogens (primary N) is 1. The van der Waals surface area contributed by atoms with Gasteiger partial charge in [0.05, 0.1) is 18.9 Å². The molecule has 0 aliphatic carbocycles. The first kappa shape index (κ1) is 6.54. The van der Waals surface area contributed by atoms with Crippen molar-refractivity contribution >= 4 is 5.95 Å². The zero-order valence-corrected chi connectivity index (χ0v) is 6.08. The molecule has 1 aliphatic rings. The van der Waals surface area contributed by atoms with E-state index < -0.39 is 0 Å². The minimum atomic E-state index is 0.328. The highest BCUT2D eigenvalue weighted by Crippen LogP contribution is 2.13. The zero-order chi connectivity index (χ0) is 7.68. The van der Waals surface area contributed by atoms with Crippen LogP contribution in [0, 0.1) is 0 Å². The highest BCUT2D eigenvalue weighted by molar-refractivity contribution is 5.25. The maximum atomic E-state index is 5.40. The maximum absolute atomic E-state index is 5.40. The van der Waals surface area contributed by atoms with Crippen LogP contribution in [0.4, 0.5) is 5.95 Å². The number of anilines is 1. The molecule has 2 N–H and O–H groups in total. The lowest BCUT2D eigenvalue weighted by molar-refractivity contribution is 0.107. The van der Waals surface area contributed by atoms with Gasteiger partial charge in [0.1, 0.15) is 0 Å². The Bertz CT molecular complexity index is 274. The summed E-state index contributed by atoms with van der Waals surface area (Å²) in [5.41, 5.74) is 7.50. The van der Waals surface area contributed by atoms with E-state index in [-0.39, 0.29) is 0 Å². The second-order valence-electron chi connectivity index (χ2n) is 2.50. The summed E-state index contributed by atoms with van der Waals surface area (Å²) in [5, 5.41) is 0. The van der Waals surface area contributed by atoms with Crippen LogP contribution in [0.2, 0.25) is 0 Å². The molecular formula is C7H9N3O. The van der Waals surface area contributed by atoms with Crippen LogP contribution in [0.3, 0.4) is 0 Å². The molecule has 0 amide bonds. The Labute approximate surface area is 64.4 Å². The average molecular weight is 151 g/mol. The Hall–Kier alpha value is -1.16. The summed E-state index contributed by atoms with van der Waals surface area (Å²) in [6.45, 7) is 1.34. The standard InChI is InChI=1S/C7H9N3O/c8-7-9-3-5-1-2-11-4-6(5)10-7/h3H,1-2,4H2,(H2,8,9,10). The molecule has 58 valence electrons. The van der Waals surface area contributed by atoms with Crippen LogP contribution in [0.5, 0.6) is 0 Å². The summed E-state index contributed by atoms with van der Waals surface area (Å²) in [6.07, 6.45) is 2.68. The molecule has 4 nitrogen and oxygen atoms in total. The van der Waals surface area contributed by atoms with Gasteiger partial charge in [-0.05, 0) is 12.0 Å². The monoisotopic (exact) mass is 151 g/mol. The number of nitrogen functional groups attached to an aromatic ring is 1. The number of hydrogen-bond acceptors (Lipinski definition) is 4. The number of nitrogens with zero attached hydrogens (tertiary/aromatic N) is 2. The third-order valence-corrected chi connectivity index (χ3v) is 1.73. The summed E-state index contributed by atoms with van der Waals surface area (Å²) in [4.78, 5) is 7.96. The normalized spacial score (nSPS) is 16.0. The van der Waals surface area contributed by atoms with Crippen LogP contribution in [0.25, 0.3) is 0 Å². The molecule has 0 fully saturated rings. The molecule has 1 aliphatic heterocycles. The molecule has 1 aromatic heterocycles. The maximum Gasteiger partial charge on any atom is 0.220 e. The van der Waals surface area contributed by atoms with Gasteiger partial charge in [-0.15, -0.1) is 0 Å². The number of ether oxygens (including phenoxy) is 1. The van der Waals surface area contributed by atoms with Crippen molar-refractivity contribution in [2.45, 2.75) is 13.0 Å². The molecule has 0 bridgehead atoms. The molecule has 0 aromatic carbocycles. The fourth-order valence-corrected chi connectivity index (χ4v) is 1.14. The van der Waals surface area contributed by atoms with Crippen molar-refractivity contribution in [1.29, 1.82) is 0 Å². The molecule has 0 unspecified atom stereocenters. The van der Waals surface area contributed by atoms with E-state index in [0.29, 0.717) is 12.6 Å². The van der Waals surface area contributed by atoms with Gasteiger partial charge in [-0.25, -0.2) is 9.97 Å². The molecular weight excluding hydrogens is 142 g/mol. The van der Waals surface area contributed by atoms with E-state index in [9.17, 15) is 0 Å². The van der Waals surface area contributed by atoms with E-state index in [0.717, 1.165) is 24.3 Å². The molecule has 1 aromatic rings. The van der Waals surface area contributed by atoms with Crippen molar-refractivity contribution < 1.29 is 4.74 Å². The van der Waals surface area contributed by atoms with Gasteiger partial charge in [-0.3, -0.25) is 0 Å². The van der Waals surface area contributed by atoms with Gasteiger partial charge in [-0.2, -0.15) is 0 Å². The second kappa shape index (κ2) is 2.47. The number of fused-ring (bicyclic) bond motifs is 1. The number of hydrogen-bond donors (Lipinski definition) is 1.